The molecule has 0 aliphatic rings. The van der Waals surface area contributed by atoms with Gasteiger partial charge in [0.15, 0.2) is 5.82 Å². The van der Waals surface area contributed by atoms with Crippen LogP contribution in [0.5, 0.6) is 0 Å². The van der Waals surface area contributed by atoms with E-state index in [2.05, 4.69) is 15.4 Å². The van der Waals surface area contributed by atoms with Crippen LogP contribution < -0.4 is 11.3 Å². The second kappa shape index (κ2) is 3.66. The topological polar surface area (TPSA) is 68.2 Å². The minimum absolute atomic E-state index is 0.637. The maximum Gasteiger partial charge on any atom is 0.237 e. The number of rotatable bonds is 1. The molecule has 0 spiro atoms. The van der Waals surface area contributed by atoms with Crippen LogP contribution in [0, 0.1) is 0 Å². The Labute approximate surface area is 108 Å². The van der Waals surface area contributed by atoms with Gasteiger partial charge in [-0.1, -0.05) is 24.3 Å². The Kier molecular flexibility index (Phi) is 1.98. The van der Waals surface area contributed by atoms with Crippen LogP contribution in [0.1, 0.15) is 0 Å². The summed E-state index contributed by atoms with van der Waals surface area (Å²) in [4.78, 5) is 9.01. The van der Waals surface area contributed by atoms with E-state index in [1.165, 1.54) is 0 Å². The number of fused-ring (bicyclic) bond motifs is 5. The van der Waals surface area contributed by atoms with Crippen LogP contribution in [0.2, 0.25) is 0 Å². The van der Waals surface area contributed by atoms with Crippen molar-refractivity contribution >= 4 is 33.5 Å². The number of hydrogen-bond donors (Lipinski definition) is 2. The molecule has 4 aromatic rings. The lowest BCUT2D eigenvalue weighted by molar-refractivity contribution is 1.17. The summed E-state index contributed by atoms with van der Waals surface area (Å²) in [6.45, 7) is 0. The van der Waals surface area contributed by atoms with Gasteiger partial charge in [0, 0.05) is 5.39 Å². The van der Waals surface area contributed by atoms with Crippen molar-refractivity contribution in [1.29, 1.82) is 0 Å². The smallest absolute Gasteiger partial charge is 0.237 e. The molecular formula is C14H11N5. The van der Waals surface area contributed by atoms with Gasteiger partial charge >= 0.3 is 0 Å². The molecule has 0 aliphatic heterocycles. The molecule has 0 bridgehead atoms. The van der Waals surface area contributed by atoms with Crippen LogP contribution in [0.25, 0.3) is 27.7 Å². The van der Waals surface area contributed by atoms with E-state index in [4.69, 9.17) is 5.84 Å². The zero-order valence-electron chi connectivity index (χ0n) is 10.0. The van der Waals surface area contributed by atoms with Crippen LogP contribution in [-0.4, -0.2) is 14.4 Å². The fourth-order valence-corrected chi connectivity index (χ4v) is 2.46. The number of benzene rings is 2. The number of aromatic nitrogens is 3. The number of para-hydroxylation sites is 3. The Hall–Kier alpha value is -2.66. The molecule has 5 heteroatoms. The van der Waals surface area contributed by atoms with Gasteiger partial charge in [-0.05, 0) is 24.3 Å². The fourth-order valence-electron chi connectivity index (χ4n) is 2.46. The van der Waals surface area contributed by atoms with Gasteiger partial charge < -0.3 is 5.43 Å². The molecule has 2 aromatic carbocycles. The molecule has 3 N–H and O–H groups in total. The zero-order valence-corrected chi connectivity index (χ0v) is 10.0. The maximum atomic E-state index is 5.55. The Bertz CT molecular complexity index is 910. The zero-order chi connectivity index (χ0) is 12.8. The standard InChI is InChI=1S/C14H11N5/c15-18-13-9-5-1-3-7-11(9)19-12-8-4-2-6-10(12)16-14(19)17-13/h1-8H,15H2,(H,16,17,18). The number of nitrogens with one attached hydrogen (secondary N) is 1. The Balaban J connectivity index is 2.34. The fraction of sp³-hybridized carbons (Fsp3) is 0. The first-order valence-corrected chi connectivity index (χ1v) is 6.01. The molecule has 0 fully saturated rings. The van der Waals surface area contributed by atoms with Gasteiger partial charge in [-0.3, -0.25) is 4.40 Å². The normalized spacial score (nSPS) is 11.4. The average Bonchev–Trinajstić information content (AvgIpc) is 2.84. The number of nitrogens with zero attached hydrogens (tertiary/aromatic N) is 3. The van der Waals surface area contributed by atoms with Gasteiger partial charge in [0.05, 0.1) is 16.6 Å². The highest BCUT2D eigenvalue weighted by Gasteiger charge is 2.11. The molecule has 0 saturated carbocycles. The largest absolute Gasteiger partial charge is 0.308 e. The summed E-state index contributed by atoms with van der Waals surface area (Å²) in [5, 5.41) is 0.973. The SMILES string of the molecule is NNc1nc2nc3ccccc3n2c2ccccc12. The predicted octanol–water partition coefficient (Wildman–Crippen LogP) is 2.32. The van der Waals surface area contributed by atoms with E-state index in [1.54, 1.807) is 0 Å². The molecule has 0 saturated heterocycles. The minimum Gasteiger partial charge on any atom is -0.308 e. The predicted molar refractivity (Wildman–Crippen MR) is 75.8 cm³/mol. The molecule has 0 aliphatic carbocycles. The third-order valence-electron chi connectivity index (χ3n) is 3.29. The van der Waals surface area contributed by atoms with Gasteiger partial charge in [-0.2, -0.15) is 4.98 Å². The summed E-state index contributed by atoms with van der Waals surface area (Å²) in [5.41, 5.74) is 5.65. The third kappa shape index (κ3) is 1.33. The van der Waals surface area contributed by atoms with Crippen molar-refractivity contribution in [1.82, 2.24) is 14.4 Å². The molecule has 0 unspecified atom stereocenters. The monoisotopic (exact) mass is 249 g/mol. The molecular weight excluding hydrogens is 238 g/mol. The number of nitrogens with two attached hydrogens (primary N) is 1. The second-order valence-corrected chi connectivity index (χ2v) is 4.36. The summed E-state index contributed by atoms with van der Waals surface area (Å²) >= 11 is 0. The van der Waals surface area contributed by atoms with Gasteiger partial charge in [-0.25, -0.2) is 10.8 Å². The summed E-state index contributed by atoms with van der Waals surface area (Å²) in [6.07, 6.45) is 0. The maximum absolute atomic E-state index is 5.55. The lowest BCUT2D eigenvalue weighted by atomic mass is 10.2. The molecule has 2 aromatic heterocycles. The van der Waals surface area contributed by atoms with Gasteiger partial charge in [0.25, 0.3) is 0 Å². The lowest BCUT2D eigenvalue weighted by Gasteiger charge is -2.07. The van der Waals surface area contributed by atoms with E-state index in [9.17, 15) is 0 Å². The summed E-state index contributed by atoms with van der Waals surface area (Å²) in [7, 11) is 0. The van der Waals surface area contributed by atoms with E-state index in [0.717, 1.165) is 21.9 Å². The second-order valence-electron chi connectivity index (χ2n) is 4.36. The highest BCUT2D eigenvalue weighted by Crippen LogP contribution is 2.25. The third-order valence-corrected chi connectivity index (χ3v) is 3.29. The van der Waals surface area contributed by atoms with Crippen LogP contribution in [0.3, 0.4) is 0 Å². The summed E-state index contributed by atoms with van der Waals surface area (Å²) in [5.74, 6) is 6.84. The number of nitrogen functional groups attached to an aromatic ring is 1. The lowest BCUT2D eigenvalue weighted by Crippen LogP contribution is -2.10. The van der Waals surface area contributed by atoms with E-state index in [0.29, 0.717) is 11.6 Å². The molecule has 5 nitrogen and oxygen atoms in total. The first-order valence-electron chi connectivity index (χ1n) is 6.01. The quantitative estimate of drug-likeness (QED) is 0.401. The van der Waals surface area contributed by atoms with E-state index < -0.39 is 0 Å². The number of anilines is 1. The minimum atomic E-state index is 0.637. The Morgan fingerprint density at radius 3 is 2.47 bits per heavy atom. The number of hydrazine groups is 1. The molecule has 0 atom stereocenters. The highest BCUT2D eigenvalue weighted by atomic mass is 15.3. The van der Waals surface area contributed by atoms with Crippen molar-refractivity contribution in [3.05, 3.63) is 48.5 Å². The van der Waals surface area contributed by atoms with E-state index in [1.807, 2.05) is 52.9 Å². The van der Waals surface area contributed by atoms with Crippen LogP contribution >= 0.6 is 0 Å². The molecule has 4 rings (SSSR count). The van der Waals surface area contributed by atoms with Crippen molar-refractivity contribution in [2.24, 2.45) is 5.84 Å². The van der Waals surface area contributed by atoms with Crippen molar-refractivity contribution < 1.29 is 0 Å². The molecule has 0 radical (unpaired) electrons. The molecule has 92 valence electrons. The molecule has 19 heavy (non-hydrogen) atoms. The summed E-state index contributed by atoms with van der Waals surface area (Å²) in [6, 6.07) is 16.0. The number of imidazole rings is 1. The van der Waals surface area contributed by atoms with Crippen molar-refractivity contribution in [2.45, 2.75) is 0 Å². The Morgan fingerprint density at radius 1 is 0.895 bits per heavy atom. The van der Waals surface area contributed by atoms with E-state index >= 15 is 0 Å². The van der Waals surface area contributed by atoms with Crippen LogP contribution in [0.4, 0.5) is 5.82 Å². The van der Waals surface area contributed by atoms with Gasteiger partial charge in [-0.15, -0.1) is 0 Å². The van der Waals surface area contributed by atoms with E-state index in [-0.39, 0.29) is 0 Å². The highest BCUT2D eigenvalue weighted by molar-refractivity contribution is 5.95. The van der Waals surface area contributed by atoms with Gasteiger partial charge in [0.2, 0.25) is 5.78 Å². The average molecular weight is 249 g/mol. The van der Waals surface area contributed by atoms with Crippen molar-refractivity contribution in [2.75, 3.05) is 5.43 Å². The molecule has 2 heterocycles. The first-order chi connectivity index (χ1) is 9.38. The van der Waals surface area contributed by atoms with Crippen molar-refractivity contribution in [3.63, 3.8) is 0 Å². The van der Waals surface area contributed by atoms with Crippen LogP contribution in [0.15, 0.2) is 48.5 Å². The number of hydrogen-bond acceptors (Lipinski definition) is 4. The van der Waals surface area contributed by atoms with Crippen molar-refractivity contribution in [3.8, 4) is 0 Å². The summed E-state index contributed by atoms with van der Waals surface area (Å²) < 4.78 is 2.05. The Morgan fingerprint density at radius 2 is 1.63 bits per heavy atom. The van der Waals surface area contributed by atoms with Crippen LogP contribution in [-0.2, 0) is 0 Å². The molecule has 0 amide bonds. The van der Waals surface area contributed by atoms with Gasteiger partial charge in [0.1, 0.15) is 0 Å². The first kappa shape index (κ1) is 10.3.